The number of carbonyl (C=O) groups is 1. The van der Waals surface area contributed by atoms with Crippen molar-refractivity contribution >= 4 is 5.91 Å². The third kappa shape index (κ3) is 2.73. The SMILES string of the molecule is CCNC(C)(Cn1cc(OC)cn1)C(N)=O. The molecule has 0 aromatic carbocycles. The van der Waals surface area contributed by atoms with Crippen molar-refractivity contribution in [2.75, 3.05) is 13.7 Å². The van der Waals surface area contributed by atoms with Crippen LogP contribution in [0.25, 0.3) is 0 Å². The fourth-order valence-corrected chi connectivity index (χ4v) is 1.47. The lowest BCUT2D eigenvalue weighted by atomic mass is 10.0. The lowest BCUT2D eigenvalue weighted by Crippen LogP contribution is -2.55. The molecule has 0 aliphatic heterocycles. The van der Waals surface area contributed by atoms with Crippen molar-refractivity contribution in [2.24, 2.45) is 5.73 Å². The topological polar surface area (TPSA) is 82.2 Å². The molecule has 0 aliphatic rings. The van der Waals surface area contributed by atoms with E-state index >= 15 is 0 Å². The van der Waals surface area contributed by atoms with Gasteiger partial charge in [0.05, 0.1) is 26.0 Å². The molecule has 0 saturated carbocycles. The molecular formula is C10H18N4O2. The molecule has 0 aliphatic carbocycles. The lowest BCUT2D eigenvalue weighted by Gasteiger charge is -2.26. The fourth-order valence-electron chi connectivity index (χ4n) is 1.47. The normalized spacial score (nSPS) is 14.4. The van der Waals surface area contributed by atoms with Crippen molar-refractivity contribution in [3.63, 3.8) is 0 Å². The predicted molar refractivity (Wildman–Crippen MR) is 60.1 cm³/mol. The molecule has 0 spiro atoms. The predicted octanol–water partition coefficient (Wildman–Crippen LogP) is -0.255. The van der Waals surface area contributed by atoms with Gasteiger partial charge in [0.25, 0.3) is 0 Å². The number of nitrogens with two attached hydrogens (primary N) is 1. The van der Waals surface area contributed by atoms with Crippen LogP contribution in [-0.4, -0.2) is 34.9 Å². The van der Waals surface area contributed by atoms with Crippen molar-refractivity contribution in [3.8, 4) is 5.75 Å². The molecule has 1 amide bonds. The summed E-state index contributed by atoms with van der Waals surface area (Å²) in [5, 5.41) is 7.14. The highest BCUT2D eigenvalue weighted by Gasteiger charge is 2.30. The van der Waals surface area contributed by atoms with Gasteiger partial charge in [0.15, 0.2) is 5.75 Å². The number of methoxy groups -OCH3 is 1. The number of hydrogen-bond donors (Lipinski definition) is 2. The van der Waals surface area contributed by atoms with Crippen LogP contribution in [0.1, 0.15) is 13.8 Å². The molecule has 1 aromatic heterocycles. The van der Waals surface area contributed by atoms with Gasteiger partial charge in [-0.1, -0.05) is 6.92 Å². The summed E-state index contributed by atoms with van der Waals surface area (Å²) in [6.07, 6.45) is 3.31. The van der Waals surface area contributed by atoms with E-state index in [4.69, 9.17) is 10.5 Å². The number of nitrogens with one attached hydrogen (secondary N) is 1. The highest BCUT2D eigenvalue weighted by Crippen LogP contribution is 2.11. The van der Waals surface area contributed by atoms with Crippen LogP contribution >= 0.6 is 0 Å². The minimum Gasteiger partial charge on any atom is -0.493 e. The van der Waals surface area contributed by atoms with E-state index in [1.165, 1.54) is 0 Å². The number of aromatic nitrogens is 2. The second-order valence-corrected chi connectivity index (χ2v) is 3.80. The van der Waals surface area contributed by atoms with E-state index in [1.54, 1.807) is 31.1 Å². The average molecular weight is 226 g/mol. The van der Waals surface area contributed by atoms with Gasteiger partial charge < -0.3 is 15.8 Å². The van der Waals surface area contributed by atoms with Gasteiger partial charge in [-0.05, 0) is 13.5 Å². The Morgan fingerprint density at radius 3 is 2.88 bits per heavy atom. The molecule has 6 heteroatoms. The molecule has 1 rings (SSSR count). The number of hydrogen-bond acceptors (Lipinski definition) is 4. The quantitative estimate of drug-likeness (QED) is 0.700. The zero-order valence-electron chi connectivity index (χ0n) is 9.86. The number of primary amides is 1. The van der Waals surface area contributed by atoms with Crippen LogP contribution in [0.2, 0.25) is 0 Å². The maximum Gasteiger partial charge on any atom is 0.239 e. The Hall–Kier alpha value is -1.56. The van der Waals surface area contributed by atoms with Gasteiger partial charge in [0, 0.05) is 0 Å². The Morgan fingerprint density at radius 1 is 1.75 bits per heavy atom. The summed E-state index contributed by atoms with van der Waals surface area (Å²) in [6.45, 7) is 4.72. The maximum absolute atomic E-state index is 11.4. The van der Waals surface area contributed by atoms with Gasteiger partial charge in [-0.2, -0.15) is 5.10 Å². The second-order valence-electron chi connectivity index (χ2n) is 3.80. The molecule has 1 heterocycles. The van der Waals surface area contributed by atoms with Crippen LogP contribution in [-0.2, 0) is 11.3 Å². The summed E-state index contributed by atoms with van der Waals surface area (Å²) >= 11 is 0. The van der Waals surface area contributed by atoms with Crippen molar-refractivity contribution in [3.05, 3.63) is 12.4 Å². The summed E-state index contributed by atoms with van der Waals surface area (Å²) in [7, 11) is 1.57. The average Bonchev–Trinajstić information content (AvgIpc) is 2.65. The number of carbonyl (C=O) groups excluding carboxylic acids is 1. The standard InChI is InChI=1S/C10H18N4O2/c1-4-12-10(2,9(11)15)7-14-6-8(16-3)5-13-14/h5-6,12H,4,7H2,1-3H3,(H2,11,15). The molecule has 1 atom stereocenters. The van der Waals surface area contributed by atoms with Crippen LogP contribution < -0.4 is 15.8 Å². The molecule has 1 aromatic rings. The molecule has 0 fully saturated rings. The zero-order valence-corrected chi connectivity index (χ0v) is 9.86. The summed E-state index contributed by atoms with van der Waals surface area (Å²) in [5.74, 6) is 0.257. The van der Waals surface area contributed by atoms with Gasteiger partial charge in [-0.15, -0.1) is 0 Å². The number of ether oxygens (including phenoxy) is 1. The van der Waals surface area contributed by atoms with Crippen LogP contribution in [0.15, 0.2) is 12.4 Å². The Bertz CT molecular complexity index is 363. The fraction of sp³-hybridized carbons (Fsp3) is 0.600. The van der Waals surface area contributed by atoms with Crippen LogP contribution in [0.3, 0.4) is 0 Å². The minimum absolute atomic E-state index is 0.375. The van der Waals surface area contributed by atoms with E-state index in [1.807, 2.05) is 6.92 Å². The van der Waals surface area contributed by atoms with E-state index in [9.17, 15) is 4.79 Å². The van der Waals surface area contributed by atoms with Gasteiger partial charge in [-0.25, -0.2) is 0 Å². The van der Waals surface area contributed by atoms with Crippen molar-refractivity contribution in [1.82, 2.24) is 15.1 Å². The molecule has 1 unspecified atom stereocenters. The number of nitrogens with zero attached hydrogens (tertiary/aromatic N) is 2. The van der Waals surface area contributed by atoms with Gasteiger partial charge in [-0.3, -0.25) is 9.48 Å². The Morgan fingerprint density at radius 2 is 2.44 bits per heavy atom. The third-order valence-corrected chi connectivity index (χ3v) is 2.43. The van der Waals surface area contributed by atoms with Crippen LogP contribution in [0.4, 0.5) is 0 Å². The molecule has 0 saturated heterocycles. The Balaban J connectivity index is 2.79. The molecule has 0 radical (unpaired) electrons. The smallest absolute Gasteiger partial charge is 0.239 e. The number of amides is 1. The zero-order chi connectivity index (χ0) is 12.2. The van der Waals surface area contributed by atoms with Crippen molar-refractivity contribution < 1.29 is 9.53 Å². The first-order chi connectivity index (χ1) is 7.51. The van der Waals surface area contributed by atoms with E-state index in [2.05, 4.69) is 10.4 Å². The summed E-state index contributed by atoms with van der Waals surface area (Å²) in [5.41, 5.74) is 4.57. The van der Waals surface area contributed by atoms with E-state index in [-0.39, 0.29) is 0 Å². The van der Waals surface area contributed by atoms with E-state index in [0.717, 1.165) is 0 Å². The summed E-state index contributed by atoms with van der Waals surface area (Å²) < 4.78 is 6.64. The molecule has 3 N–H and O–H groups in total. The maximum atomic E-state index is 11.4. The molecule has 16 heavy (non-hydrogen) atoms. The Kier molecular flexibility index (Phi) is 3.89. The lowest BCUT2D eigenvalue weighted by molar-refractivity contribution is -0.124. The Labute approximate surface area is 94.8 Å². The largest absolute Gasteiger partial charge is 0.493 e. The highest BCUT2D eigenvalue weighted by atomic mass is 16.5. The molecule has 0 bridgehead atoms. The summed E-state index contributed by atoms with van der Waals surface area (Å²) in [4.78, 5) is 11.4. The molecule has 90 valence electrons. The monoisotopic (exact) mass is 226 g/mol. The number of rotatable bonds is 6. The summed E-state index contributed by atoms with van der Waals surface area (Å²) in [6, 6.07) is 0. The van der Waals surface area contributed by atoms with E-state index < -0.39 is 11.4 Å². The minimum atomic E-state index is -0.800. The van der Waals surface area contributed by atoms with Crippen LogP contribution in [0.5, 0.6) is 5.75 Å². The van der Waals surface area contributed by atoms with Crippen molar-refractivity contribution in [2.45, 2.75) is 25.9 Å². The second kappa shape index (κ2) is 4.98. The first kappa shape index (κ1) is 12.5. The first-order valence-corrected chi connectivity index (χ1v) is 5.13. The molecule has 6 nitrogen and oxygen atoms in total. The first-order valence-electron chi connectivity index (χ1n) is 5.13. The van der Waals surface area contributed by atoms with Crippen molar-refractivity contribution in [1.29, 1.82) is 0 Å². The van der Waals surface area contributed by atoms with E-state index in [0.29, 0.717) is 18.8 Å². The van der Waals surface area contributed by atoms with Gasteiger partial charge >= 0.3 is 0 Å². The third-order valence-electron chi connectivity index (χ3n) is 2.43. The van der Waals surface area contributed by atoms with Crippen LogP contribution in [0, 0.1) is 0 Å². The van der Waals surface area contributed by atoms with Gasteiger partial charge in [0.2, 0.25) is 5.91 Å². The van der Waals surface area contributed by atoms with Gasteiger partial charge in [0.1, 0.15) is 5.54 Å². The highest BCUT2D eigenvalue weighted by molar-refractivity contribution is 5.84. The molecular weight excluding hydrogens is 208 g/mol. The number of likely N-dealkylation sites (N-methyl/N-ethyl adjacent to an activating group) is 1.